The molecule has 0 heterocycles. The molecule has 0 aliphatic heterocycles. The predicted molar refractivity (Wildman–Crippen MR) is 97.1 cm³/mol. The predicted octanol–water partition coefficient (Wildman–Crippen LogP) is 3.95. The van der Waals surface area contributed by atoms with Gasteiger partial charge in [-0.25, -0.2) is 4.39 Å². The molecule has 0 aromatic carbocycles. The minimum Gasteiger partial charge on any atom is -0.381 e. The van der Waals surface area contributed by atoms with Crippen LogP contribution in [0.25, 0.3) is 0 Å². The van der Waals surface area contributed by atoms with Crippen molar-refractivity contribution in [2.24, 2.45) is 28.6 Å². The van der Waals surface area contributed by atoms with Crippen LogP contribution >= 0.6 is 0 Å². The highest BCUT2D eigenvalue weighted by Gasteiger charge is 2.67. The maximum atomic E-state index is 15.2. The highest BCUT2D eigenvalue weighted by molar-refractivity contribution is 5.92. The molecule has 4 aliphatic rings. The minimum absolute atomic E-state index is 0.0280. The first-order chi connectivity index (χ1) is 12.1. The molecule has 4 heteroatoms. The Labute approximate surface area is 154 Å². The van der Waals surface area contributed by atoms with E-state index in [1.165, 1.54) is 12.5 Å². The Morgan fingerprint density at radius 3 is 2.62 bits per heavy atom. The number of aliphatic hydroxyl groups is 1. The number of alkyl halides is 1. The van der Waals surface area contributed by atoms with Crippen molar-refractivity contribution in [2.45, 2.75) is 71.6 Å². The number of ketones is 2. The summed E-state index contributed by atoms with van der Waals surface area (Å²) in [5.74, 6) is -0.135. The van der Waals surface area contributed by atoms with Gasteiger partial charge in [0.1, 0.15) is 11.8 Å². The lowest BCUT2D eigenvalue weighted by atomic mass is 9.50. The van der Waals surface area contributed by atoms with E-state index in [9.17, 15) is 14.7 Å². The van der Waals surface area contributed by atoms with Gasteiger partial charge in [-0.3, -0.25) is 9.59 Å². The number of Topliss-reactive ketones (excluding diaryl/α,β-unsaturated/α-hetero) is 1. The summed E-state index contributed by atoms with van der Waals surface area (Å²) in [6.45, 7) is 7.53. The molecule has 0 saturated heterocycles. The van der Waals surface area contributed by atoms with Gasteiger partial charge in [-0.15, -0.1) is 0 Å². The van der Waals surface area contributed by atoms with Crippen molar-refractivity contribution in [2.75, 3.05) is 0 Å². The maximum absolute atomic E-state index is 15.2. The molecule has 0 aromatic rings. The van der Waals surface area contributed by atoms with Crippen molar-refractivity contribution >= 4 is 11.6 Å². The van der Waals surface area contributed by atoms with Gasteiger partial charge in [0.25, 0.3) is 0 Å². The van der Waals surface area contributed by atoms with E-state index < -0.39 is 22.6 Å². The summed E-state index contributed by atoms with van der Waals surface area (Å²) in [6.07, 6.45) is 5.47. The van der Waals surface area contributed by atoms with Crippen molar-refractivity contribution in [1.29, 1.82) is 0 Å². The highest BCUT2D eigenvalue weighted by atomic mass is 19.1. The fourth-order valence-electron chi connectivity index (χ4n) is 6.96. The van der Waals surface area contributed by atoms with E-state index >= 15 is 4.39 Å². The number of rotatable bonds is 1. The van der Waals surface area contributed by atoms with Crippen molar-refractivity contribution < 1.29 is 19.1 Å². The smallest absolute Gasteiger partial charge is 0.162 e. The van der Waals surface area contributed by atoms with Crippen molar-refractivity contribution in [3.05, 3.63) is 23.3 Å². The van der Waals surface area contributed by atoms with Crippen LogP contribution in [0.2, 0.25) is 0 Å². The summed E-state index contributed by atoms with van der Waals surface area (Å²) in [6, 6.07) is 0. The van der Waals surface area contributed by atoms with Gasteiger partial charge in [-0.2, -0.15) is 0 Å². The van der Waals surface area contributed by atoms with Crippen LogP contribution < -0.4 is 0 Å². The van der Waals surface area contributed by atoms with Crippen LogP contribution in [0.15, 0.2) is 23.3 Å². The molecule has 3 nitrogen and oxygen atoms in total. The maximum Gasteiger partial charge on any atom is 0.162 e. The summed E-state index contributed by atoms with van der Waals surface area (Å²) in [7, 11) is 0. The van der Waals surface area contributed by atoms with E-state index in [1.807, 2.05) is 13.8 Å². The molecule has 0 aromatic heterocycles. The second kappa shape index (κ2) is 5.37. The Morgan fingerprint density at radius 1 is 1.27 bits per heavy atom. The van der Waals surface area contributed by atoms with Gasteiger partial charge in [0, 0.05) is 17.3 Å². The number of halogens is 1. The Hall–Kier alpha value is -1.29. The van der Waals surface area contributed by atoms with Gasteiger partial charge in [0.2, 0.25) is 0 Å². The molecule has 2 fully saturated rings. The second-order valence-corrected chi connectivity index (χ2v) is 9.55. The third-order valence-corrected chi connectivity index (χ3v) is 8.44. The van der Waals surface area contributed by atoms with Gasteiger partial charge in [-0.05, 0) is 62.0 Å². The number of carbonyl (C=O) groups is 2. The average Bonchev–Trinajstić information content (AvgIpc) is 2.78. The van der Waals surface area contributed by atoms with E-state index in [2.05, 4.69) is 13.0 Å². The first kappa shape index (κ1) is 18.1. The SMILES string of the molecule is CC(=O)[C@@]1(O)[C@H](C)C[C@H]2[C@@H]3C[C@H](F)C4=CC(=O)CC[C@]4(C)C3=CC[C@@]21C. The molecule has 2 saturated carbocycles. The van der Waals surface area contributed by atoms with Gasteiger partial charge < -0.3 is 5.11 Å². The fourth-order valence-corrected chi connectivity index (χ4v) is 6.96. The lowest BCUT2D eigenvalue weighted by Gasteiger charge is -2.55. The molecule has 26 heavy (non-hydrogen) atoms. The van der Waals surface area contributed by atoms with Crippen LogP contribution in [-0.4, -0.2) is 28.4 Å². The molecule has 0 spiro atoms. The molecule has 142 valence electrons. The van der Waals surface area contributed by atoms with Gasteiger partial charge in [0.15, 0.2) is 11.6 Å². The highest BCUT2D eigenvalue weighted by Crippen LogP contribution is 2.67. The van der Waals surface area contributed by atoms with Crippen molar-refractivity contribution in [1.82, 2.24) is 0 Å². The Bertz CT molecular complexity index is 752. The largest absolute Gasteiger partial charge is 0.381 e. The first-order valence-electron chi connectivity index (χ1n) is 9.88. The van der Waals surface area contributed by atoms with Crippen molar-refractivity contribution in [3.8, 4) is 0 Å². The monoisotopic (exact) mass is 360 g/mol. The lowest BCUT2D eigenvalue weighted by Crippen LogP contribution is -2.56. The van der Waals surface area contributed by atoms with Crippen molar-refractivity contribution in [3.63, 3.8) is 0 Å². The first-order valence-corrected chi connectivity index (χ1v) is 9.88. The minimum atomic E-state index is -1.34. The normalized spacial score (nSPS) is 50.3. The van der Waals surface area contributed by atoms with E-state index in [-0.39, 0.29) is 29.3 Å². The Morgan fingerprint density at radius 2 is 1.96 bits per heavy atom. The molecule has 4 aliphatic carbocycles. The average molecular weight is 360 g/mol. The van der Waals surface area contributed by atoms with Gasteiger partial charge >= 0.3 is 0 Å². The Kier molecular flexibility index (Phi) is 3.74. The summed E-state index contributed by atoms with van der Waals surface area (Å²) in [5, 5.41) is 11.4. The zero-order valence-corrected chi connectivity index (χ0v) is 16.1. The number of allylic oxidation sites excluding steroid dienone is 4. The molecule has 7 atom stereocenters. The molecular formula is C22H29FO3. The van der Waals surface area contributed by atoms with Crippen LogP contribution in [0.3, 0.4) is 0 Å². The number of carbonyl (C=O) groups excluding carboxylic acids is 2. The number of hydrogen-bond acceptors (Lipinski definition) is 3. The molecule has 0 unspecified atom stereocenters. The molecule has 0 bridgehead atoms. The molecule has 1 N–H and O–H groups in total. The van der Waals surface area contributed by atoms with Crippen LogP contribution in [0.5, 0.6) is 0 Å². The van der Waals surface area contributed by atoms with E-state index in [0.29, 0.717) is 31.3 Å². The number of hydrogen-bond donors (Lipinski definition) is 1. The van der Waals surface area contributed by atoms with Crippen LogP contribution in [0.1, 0.15) is 59.8 Å². The number of fused-ring (bicyclic) bond motifs is 5. The summed E-state index contributed by atoms with van der Waals surface area (Å²) < 4.78 is 15.2. The van der Waals surface area contributed by atoms with Gasteiger partial charge in [-0.1, -0.05) is 32.4 Å². The third kappa shape index (κ3) is 1.97. The molecular weight excluding hydrogens is 331 g/mol. The van der Waals surface area contributed by atoms with Crippen LogP contribution in [0, 0.1) is 28.6 Å². The van der Waals surface area contributed by atoms with E-state index in [0.717, 1.165) is 6.42 Å². The van der Waals surface area contributed by atoms with Gasteiger partial charge in [0.05, 0.1) is 0 Å². The zero-order valence-electron chi connectivity index (χ0n) is 16.1. The topological polar surface area (TPSA) is 54.4 Å². The summed E-state index contributed by atoms with van der Waals surface area (Å²) in [5.41, 5.74) is -0.392. The Balaban J connectivity index is 1.83. The summed E-state index contributed by atoms with van der Waals surface area (Å²) >= 11 is 0. The lowest BCUT2D eigenvalue weighted by molar-refractivity contribution is -0.156. The second-order valence-electron chi connectivity index (χ2n) is 9.55. The molecule has 0 radical (unpaired) electrons. The molecule has 4 rings (SSSR count). The third-order valence-electron chi connectivity index (χ3n) is 8.44. The van der Waals surface area contributed by atoms with Crippen LogP contribution in [0.4, 0.5) is 4.39 Å². The molecule has 0 amide bonds. The van der Waals surface area contributed by atoms with E-state index in [4.69, 9.17) is 0 Å². The van der Waals surface area contributed by atoms with Crippen LogP contribution in [-0.2, 0) is 9.59 Å². The fraction of sp³-hybridized carbons (Fsp3) is 0.727. The zero-order chi connectivity index (χ0) is 19.1. The van der Waals surface area contributed by atoms with E-state index in [1.54, 1.807) is 6.08 Å². The standard InChI is InChI=1S/C22H29FO3/c1-12-9-17-15-11-19(23)18-10-14(25)5-7-20(18,3)16(15)6-8-21(17,4)22(12,26)13(2)24/h6,10,12,15,17,19,26H,5,7-9,11H2,1-4H3/t12-,15-,17+,19+,20-,21+,22+/m1/s1. The quantitative estimate of drug-likeness (QED) is 0.720. The summed E-state index contributed by atoms with van der Waals surface area (Å²) in [4.78, 5) is 24.3.